The van der Waals surface area contributed by atoms with Gasteiger partial charge in [-0.3, -0.25) is 9.69 Å². The molecule has 32 heavy (non-hydrogen) atoms. The molecule has 1 saturated heterocycles. The molecule has 0 bridgehead atoms. The number of aromatic nitrogens is 2. The molecule has 3 heterocycles. The first-order valence-corrected chi connectivity index (χ1v) is 10.4. The maximum Gasteiger partial charge on any atom is 0.271 e. The van der Waals surface area contributed by atoms with Crippen molar-refractivity contribution in [3.63, 3.8) is 0 Å². The summed E-state index contributed by atoms with van der Waals surface area (Å²) < 4.78 is 15.4. The number of hydrogen-bond donors (Lipinski definition) is 0. The van der Waals surface area contributed by atoms with Crippen molar-refractivity contribution >= 4 is 22.5 Å². The zero-order valence-corrected chi connectivity index (χ0v) is 18.3. The minimum atomic E-state index is -0.377. The molecule has 3 aromatic rings. The molecule has 2 aromatic heterocycles. The number of aryl methyl sites for hydroxylation is 2. The van der Waals surface area contributed by atoms with Gasteiger partial charge >= 0.3 is 0 Å². The standard InChI is InChI=1S/C24H23FN6O/c1-15-5-6-17(11-19(15)25)14-30-9-10-31(13-16(30)2)23-18(12-26)24(32)29(4)20-7-8-21(27-3)28-22(20)23/h5-8,11,16H,9-10,13-14H2,1-2,4H3/t16-/m1/s1. The van der Waals surface area contributed by atoms with Crippen molar-refractivity contribution in [1.29, 1.82) is 5.26 Å². The summed E-state index contributed by atoms with van der Waals surface area (Å²) in [6, 6.07) is 10.7. The second-order valence-electron chi connectivity index (χ2n) is 8.20. The number of pyridine rings is 2. The molecule has 1 aromatic carbocycles. The van der Waals surface area contributed by atoms with Crippen molar-refractivity contribution < 1.29 is 4.39 Å². The SMILES string of the molecule is [C-]#[N+]c1ccc2c(n1)c(N1CCN(Cc3ccc(C)c(F)c3)[C@H](C)C1)c(C#N)c(=O)n2C. The van der Waals surface area contributed by atoms with Gasteiger partial charge in [0.1, 0.15) is 23.1 Å². The average Bonchev–Trinajstić information content (AvgIpc) is 2.79. The Kier molecular flexibility index (Phi) is 5.65. The first-order chi connectivity index (χ1) is 15.3. The van der Waals surface area contributed by atoms with Gasteiger partial charge in [0.25, 0.3) is 11.4 Å². The lowest BCUT2D eigenvalue weighted by molar-refractivity contribution is 0.181. The van der Waals surface area contributed by atoms with Gasteiger partial charge in [-0.05, 0) is 43.2 Å². The highest BCUT2D eigenvalue weighted by atomic mass is 19.1. The van der Waals surface area contributed by atoms with E-state index in [4.69, 9.17) is 6.57 Å². The fraction of sp³-hybridized carbons (Fsp3) is 0.333. The van der Waals surface area contributed by atoms with E-state index in [0.29, 0.717) is 48.5 Å². The Labute approximate surface area is 185 Å². The summed E-state index contributed by atoms with van der Waals surface area (Å²) in [4.78, 5) is 25.0. The second kappa shape index (κ2) is 8.41. The highest BCUT2D eigenvalue weighted by Gasteiger charge is 2.30. The molecule has 7 nitrogen and oxygen atoms in total. The summed E-state index contributed by atoms with van der Waals surface area (Å²) in [5, 5.41) is 9.78. The van der Waals surface area contributed by atoms with Crippen LogP contribution in [0.2, 0.25) is 0 Å². The van der Waals surface area contributed by atoms with E-state index in [1.807, 2.05) is 11.0 Å². The topological polar surface area (TPSA) is 69.5 Å². The lowest BCUT2D eigenvalue weighted by Crippen LogP contribution is -2.52. The highest BCUT2D eigenvalue weighted by Crippen LogP contribution is 2.31. The number of benzene rings is 1. The number of fused-ring (bicyclic) bond motifs is 1. The summed E-state index contributed by atoms with van der Waals surface area (Å²) in [6.07, 6.45) is 0. The monoisotopic (exact) mass is 430 g/mol. The van der Waals surface area contributed by atoms with Gasteiger partial charge in [0.15, 0.2) is 0 Å². The Morgan fingerprint density at radius 1 is 1.31 bits per heavy atom. The largest absolute Gasteiger partial charge is 0.364 e. The predicted molar refractivity (Wildman–Crippen MR) is 121 cm³/mol. The van der Waals surface area contributed by atoms with E-state index >= 15 is 0 Å². The van der Waals surface area contributed by atoms with E-state index < -0.39 is 0 Å². The molecule has 4 rings (SSSR count). The molecule has 0 spiro atoms. The van der Waals surface area contributed by atoms with E-state index in [0.717, 1.165) is 5.56 Å². The van der Waals surface area contributed by atoms with Crippen LogP contribution in [0.1, 0.15) is 23.6 Å². The minimum absolute atomic E-state index is 0.0379. The second-order valence-corrected chi connectivity index (χ2v) is 8.20. The zero-order valence-electron chi connectivity index (χ0n) is 18.3. The van der Waals surface area contributed by atoms with Gasteiger partial charge in [-0.15, -0.1) is 4.98 Å². The molecular formula is C24H23FN6O. The Bertz CT molecular complexity index is 1350. The number of nitrogens with zero attached hydrogens (tertiary/aromatic N) is 6. The molecule has 0 amide bonds. The van der Waals surface area contributed by atoms with Crippen LogP contribution in [0, 0.1) is 30.6 Å². The normalized spacial score (nSPS) is 16.7. The van der Waals surface area contributed by atoms with Crippen LogP contribution in [0.3, 0.4) is 0 Å². The minimum Gasteiger partial charge on any atom is -0.364 e. The average molecular weight is 430 g/mol. The van der Waals surface area contributed by atoms with Gasteiger partial charge < -0.3 is 14.3 Å². The number of halogens is 1. The Morgan fingerprint density at radius 2 is 2.09 bits per heavy atom. The van der Waals surface area contributed by atoms with Gasteiger partial charge in [-0.2, -0.15) is 5.26 Å². The molecule has 0 N–H and O–H groups in total. The smallest absolute Gasteiger partial charge is 0.271 e. The Morgan fingerprint density at radius 3 is 2.75 bits per heavy atom. The number of hydrogen-bond acceptors (Lipinski definition) is 5. The lowest BCUT2D eigenvalue weighted by Gasteiger charge is -2.41. The molecule has 162 valence electrons. The van der Waals surface area contributed by atoms with E-state index in [9.17, 15) is 14.4 Å². The van der Waals surface area contributed by atoms with Crippen molar-refractivity contribution in [2.45, 2.75) is 26.4 Å². The van der Waals surface area contributed by atoms with Crippen molar-refractivity contribution in [2.75, 3.05) is 24.5 Å². The van der Waals surface area contributed by atoms with Gasteiger partial charge in [0.05, 0.1) is 5.52 Å². The van der Waals surface area contributed by atoms with Crippen LogP contribution in [0.4, 0.5) is 15.9 Å². The third-order valence-corrected chi connectivity index (χ3v) is 6.13. The summed E-state index contributed by atoms with van der Waals surface area (Å²) in [5.41, 5.74) is 2.76. The summed E-state index contributed by atoms with van der Waals surface area (Å²) >= 11 is 0. The van der Waals surface area contributed by atoms with Gasteiger partial charge in [-0.25, -0.2) is 4.39 Å². The van der Waals surface area contributed by atoms with Crippen molar-refractivity contribution in [3.8, 4) is 6.07 Å². The maximum absolute atomic E-state index is 14.0. The van der Waals surface area contributed by atoms with Gasteiger partial charge in [-0.1, -0.05) is 18.7 Å². The van der Waals surface area contributed by atoms with Crippen LogP contribution in [0.5, 0.6) is 0 Å². The summed E-state index contributed by atoms with van der Waals surface area (Å²) in [7, 11) is 1.61. The first-order valence-electron chi connectivity index (χ1n) is 10.4. The van der Waals surface area contributed by atoms with Crippen molar-refractivity contribution in [2.24, 2.45) is 7.05 Å². The molecule has 1 aliphatic rings. The fourth-order valence-electron chi connectivity index (χ4n) is 4.26. The maximum atomic E-state index is 14.0. The van der Waals surface area contributed by atoms with E-state index in [-0.39, 0.29) is 28.8 Å². The number of nitriles is 1. The zero-order chi connectivity index (χ0) is 23.0. The fourth-order valence-corrected chi connectivity index (χ4v) is 4.26. The molecule has 0 aliphatic carbocycles. The third kappa shape index (κ3) is 3.70. The van der Waals surface area contributed by atoms with E-state index in [1.165, 1.54) is 4.57 Å². The molecule has 1 fully saturated rings. The lowest BCUT2D eigenvalue weighted by atomic mass is 10.1. The van der Waals surface area contributed by atoms with Crippen LogP contribution in [0.25, 0.3) is 15.9 Å². The third-order valence-electron chi connectivity index (χ3n) is 6.13. The van der Waals surface area contributed by atoms with E-state index in [1.54, 1.807) is 38.2 Å². The molecule has 0 radical (unpaired) electrons. The first kappa shape index (κ1) is 21.5. The quantitative estimate of drug-likeness (QED) is 0.595. The molecule has 0 saturated carbocycles. The summed E-state index contributed by atoms with van der Waals surface area (Å²) in [5.74, 6) is 0.00936. The Balaban J connectivity index is 1.69. The van der Waals surface area contributed by atoms with Crippen LogP contribution < -0.4 is 10.5 Å². The number of piperazine rings is 1. The van der Waals surface area contributed by atoms with Gasteiger partial charge in [0.2, 0.25) is 5.52 Å². The predicted octanol–water partition coefficient (Wildman–Crippen LogP) is 3.51. The van der Waals surface area contributed by atoms with Crippen LogP contribution in [0.15, 0.2) is 35.1 Å². The highest BCUT2D eigenvalue weighted by molar-refractivity contribution is 5.92. The van der Waals surface area contributed by atoms with Gasteiger partial charge in [0, 0.05) is 39.3 Å². The summed E-state index contributed by atoms with van der Waals surface area (Å²) in [6.45, 7) is 13.6. The molecule has 1 atom stereocenters. The Hall–Kier alpha value is -3.75. The van der Waals surface area contributed by atoms with Crippen molar-refractivity contribution in [3.05, 3.63) is 74.6 Å². The molecule has 0 unspecified atom stereocenters. The van der Waals surface area contributed by atoms with Crippen LogP contribution in [-0.4, -0.2) is 40.1 Å². The molecule has 8 heteroatoms. The molecular weight excluding hydrogens is 407 g/mol. The van der Waals surface area contributed by atoms with Crippen molar-refractivity contribution in [1.82, 2.24) is 14.5 Å². The van der Waals surface area contributed by atoms with E-state index in [2.05, 4.69) is 27.7 Å². The van der Waals surface area contributed by atoms with Crippen LogP contribution in [-0.2, 0) is 13.6 Å². The number of rotatable bonds is 3. The van der Waals surface area contributed by atoms with Crippen LogP contribution >= 0.6 is 0 Å². The number of anilines is 1. The molecule has 1 aliphatic heterocycles.